The van der Waals surface area contributed by atoms with Gasteiger partial charge in [-0.3, -0.25) is 14.2 Å². The summed E-state index contributed by atoms with van der Waals surface area (Å²) in [5, 5.41) is 4.53. The number of aromatic nitrogens is 2. The highest BCUT2D eigenvalue weighted by Gasteiger charge is 2.24. The number of amides is 1. The highest BCUT2D eigenvalue weighted by molar-refractivity contribution is 7.18. The molecule has 0 saturated heterocycles. The molecule has 0 N–H and O–H groups in total. The van der Waals surface area contributed by atoms with Gasteiger partial charge < -0.3 is 14.4 Å². The molecule has 7 nitrogen and oxygen atoms in total. The third-order valence-electron chi connectivity index (χ3n) is 5.88. The van der Waals surface area contributed by atoms with E-state index in [0.29, 0.717) is 42.3 Å². The van der Waals surface area contributed by atoms with E-state index in [2.05, 4.69) is 4.98 Å². The van der Waals surface area contributed by atoms with Gasteiger partial charge in [-0.25, -0.2) is 4.98 Å². The van der Waals surface area contributed by atoms with Crippen LogP contribution >= 0.6 is 22.7 Å². The van der Waals surface area contributed by atoms with Gasteiger partial charge in [0.1, 0.15) is 11.4 Å². The fourth-order valence-electron chi connectivity index (χ4n) is 4.25. The summed E-state index contributed by atoms with van der Waals surface area (Å²) in [6.07, 6.45) is 2.21. The van der Waals surface area contributed by atoms with Crippen LogP contribution < -0.4 is 15.0 Å². The number of carbonyl (C=O) groups is 1. The molecule has 1 amide bonds. The largest absolute Gasteiger partial charge is 0.490 e. The summed E-state index contributed by atoms with van der Waals surface area (Å²) in [4.78, 5) is 34.4. The summed E-state index contributed by atoms with van der Waals surface area (Å²) in [7, 11) is 0. The lowest BCUT2D eigenvalue weighted by Gasteiger charge is -2.30. The van der Waals surface area contributed by atoms with Gasteiger partial charge in [-0.05, 0) is 55.0 Å². The molecule has 9 heteroatoms. The van der Waals surface area contributed by atoms with E-state index in [-0.39, 0.29) is 18.0 Å². The second-order valence-electron chi connectivity index (χ2n) is 7.98. The molecule has 0 fully saturated rings. The Bertz CT molecular complexity index is 1390. The molecule has 1 aromatic carbocycles. The monoisotopic (exact) mass is 495 g/mol. The van der Waals surface area contributed by atoms with E-state index in [4.69, 9.17) is 9.47 Å². The second-order valence-corrected chi connectivity index (χ2v) is 9.79. The maximum Gasteiger partial charge on any atom is 0.263 e. The van der Waals surface area contributed by atoms with Crippen molar-refractivity contribution in [2.24, 2.45) is 0 Å². The van der Waals surface area contributed by atoms with E-state index in [0.717, 1.165) is 33.7 Å². The Morgan fingerprint density at radius 2 is 1.88 bits per heavy atom. The van der Waals surface area contributed by atoms with E-state index in [1.54, 1.807) is 16.2 Å². The van der Waals surface area contributed by atoms with Crippen molar-refractivity contribution >= 4 is 38.8 Å². The minimum atomic E-state index is -0.180. The van der Waals surface area contributed by atoms with Crippen molar-refractivity contribution in [1.82, 2.24) is 14.5 Å². The lowest BCUT2D eigenvalue weighted by atomic mass is 9.98. The number of carbonyl (C=O) groups excluding carboxylic acids is 1. The van der Waals surface area contributed by atoms with Crippen LogP contribution in [0.15, 0.2) is 46.1 Å². The van der Waals surface area contributed by atoms with Gasteiger partial charge in [-0.15, -0.1) is 22.7 Å². The standard InChI is InChI=1S/C25H25N3O4S2/c1-3-31-19-10-16-7-8-27(12-17(16)11-20(19)32-4-2)22(29)13-28-15-26-24-23(25(28)30)18(14-34-24)21-6-5-9-33-21/h5-6,9-11,14-15H,3-4,7-8,12-13H2,1-2H3. The summed E-state index contributed by atoms with van der Waals surface area (Å²) in [6.45, 7) is 6.02. The molecule has 4 aromatic rings. The van der Waals surface area contributed by atoms with Crippen LogP contribution in [0.4, 0.5) is 0 Å². The number of thiophene rings is 2. The Morgan fingerprint density at radius 1 is 1.12 bits per heavy atom. The predicted molar refractivity (Wildman–Crippen MR) is 135 cm³/mol. The van der Waals surface area contributed by atoms with Crippen molar-refractivity contribution in [3.63, 3.8) is 0 Å². The van der Waals surface area contributed by atoms with Gasteiger partial charge in [-0.2, -0.15) is 0 Å². The summed E-state index contributed by atoms with van der Waals surface area (Å²) in [5.74, 6) is 1.33. The summed E-state index contributed by atoms with van der Waals surface area (Å²) >= 11 is 3.03. The third-order valence-corrected chi connectivity index (χ3v) is 7.67. The number of rotatable bonds is 7. The fraction of sp³-hybridized carbons (Fsp3) is 0.320. The number of hydrogen-bond acceptors (Lipinski definition) is 7. The first-order chi connectivity index (χ1) is 16.6. The van der Waals surface area contributed by atoms with Gasteiger partial charge in [0, 0.05) is 28.9 Å². The lowest BCUT2D eigenvalue weighted by Crippen LogP contribution is -2.39. The average Bonchev–Trinajstić information content (AvgIpc) is 3.51. The van der Waals surface area contributed by atoms with Crippen LogP contribution in [0, 0.1) is 0 Å². The van der Waals surface area contributed by atoms with Crippen LogP contribution in [-0.2, 0) is 24.3 Å². The number of nitrogens with zero attached hydrogens (tertiary/aromatic N) is 3. The van der Waals surface area contributed by atoms with Crippen LogP contribution in [0.2, 0.25) is 0 Å². The molecule has 1 aliphatic rings. The lowest BCUT2D eigenvalue weighted by molar-refractivity contribution is -0.132. The first-order valence-corrected chi connectivity index (χ1v) is 13.0. The minimum Gasteiger partial charge on any atom is -0.490 e. The molecule has 0 bridgehead atoms. The molecule has 0 unspecified atom stereocenters. The van der Waals surface area contributed by atoms with Crippen molar-refractivity contribution in [1.29, 1.82) is 0 Å². The third kappa shape index (κ3) is 4.21. The molecule has 0 atom stereocenters. The Kier molecular flexibility index (Phi) is 6.38. The van der Waals surface area contributed by atoms with Crippen molar-refractivity contribution in [2.75, 3.05) is 19.8 Å². The zero-order valence-electron chi connectivity index (χ0n) is 19.1. The number of fused-ring (bicyclic) bond motifs is 2. The van der Waals surface area contributed by atoms with Crippen molar-refractivity contribution in [3.8, 4) is 21.9 Å². The highest BCUT2D eigenvalue weighted by atomic mass is 32.1. The van der Waals surface area contributed by atoms with Crippen LogP contribution in [0.25, 0.3) is 20.7 Å². The maximum atomic E-state index is 13.3. The van der Waals surface area contributed by atoms with Crippen LogP contribution in [0.1, 0.15) is 25.0 Å². The molecule has 0 aliphatic carbocycles. The molecule has 0 spiro atoms. The van der Waals surface area contributed by atoms with Gasteiger partial charge in [0.2, 0.25) is 5.91 Å². The topological polar surface area (TPSA) is 73.7 Å². The van der Waals surface area contributed by atoms with E-state index < -0.39 is 0 Å². The molecule has 176 valence electrons. The molecule has 0 radical (unpaired) electrons. The molecule has 1 aliphatic heterocycles. The summed E-state index contributed by atoms with van der Waals surface area (Å²) in [5.41, 5.74) is 2.91. The Hall–Kier alpha value is -3.17. The molecule has 34 heavy (non-hydrogen) atoms. The predicted octanol–water partition coefficient (Wildman–Crippen LogP) is 4.57. The zero-order valence-corrected chi connectivity index (χ0v) is 20.7. The highest BCUT2D eigenvalue weighted by Crippen LogP contribution is 2.35. The van der Waals surface area contributed by atoms with Crippen molar-refractivity contribution in [2.45, 2.75) is 33.4 Å². The summed E-state index contributed by atoms with van der Waals surface area (Å²) < 4.78 is 12.9. The van der Waals surface area contributed by atoms with Gasteiger partial charge in [-0.1, -0.05) is 6.07 Å². The van der Waals surface area contributed by atoms with Crippen LogP contribution in [-0.4, -0.2) is 40.1 Å². The Balaban J connectivity index is 1.39. The molecule has 0 saturated carbocycles. The molecule has 5 rings (SSSR count). The number of hydrogen-bond donors (Lipinski definition) is 0. The van der Waals surface area contributed by atoms with Gasteiger partial charge in [0.05, 0.1) is 24.9 Å². The SMILES string of the molecule is CCOc1cc2c(cc1OCC)CN(C(=O)Cn1cnc3scc(-c4cccs4)c3c1=O)CC2. The van der Waals surface area contributed by atoms with Crippen LogP contribution in [0.5, 0.6) is 11.5 Å². The molecular formula is C25H25N3O4S2. The normalized spacial score (nSPS) is 13.2. The van der Waals surface area contributed by atoms with Gasteiger partial charge in [0.25, 0.3) is 5.56 Å². The first kappa shape index (κ1) is 22.6. The van der Waals surface area contributed by atoms with Gasteiger partial charge in [0.15, 0.2) is 11.5 Å². The van der Waals surface area contributed by atoms with E-state index >= 15 is 0 Å². The van der Waals surface area contributed by atoms with E-state index in [9.17, 15) is 9.59 Å². The van der Waals surface area contributed by atoms with E-state index in [1.807, 2.05) is 48.9 Å². The van der Waals surface area contributed by atoms with Crippen molar-refractivity contribution in [3.05, 3.63) is 62.8 Å². The maximum absolute atomic E-state index is 13.3. The fourth-order valence-corrected chi connectivity index (χ4v) is 5.97. The smallest absolute Gasteiger partial charge is 0.263 e. The zero-order chi connectivity index (χ0) is 23.7. The molecule has 3 aromatic heterocycles. The first-order valence-electron chi connectivity index (χ1n) is 11.3. The average molecular weight is 496 g/mol. The Morgan fingerprint density at radius 3 is 2.59 bits per heavy atom. The van der Waals surface area contributed by atoms with Gasteiger partial charge >= 0.3 is 0 Å². The van der Waals surface area contributed by atoms with E-state index in [1.165, 1.54) is 22.2 Å². The number of benzene rings is 1. The quantitative estimate of drug-likeness (QED) is 0.376. The Labute approximate surface area is 205 Å². The molecule has 4 heterocycles. The molecular weight excluding hydrogens is 470 g/mol. The minimum absolute atomic E-state index is 0.0355. The van der Waals surface area contributed by atoms with Crippen LogP contribution in [0.3, 0.4) is 0 Å². The van der Waals surface area contributed by atoms with Crippen molar-refractivity contribution < 1.29 is 14.3 Å². The second kappa shape index (κ2) is 9.60. The summed E-state index contributed by atoms with van der Waals surface area (Å²) in [6, 6.07) is 7.95. The number of ether oxygens (including phenoxy) is 2.